The predicted molar refractivity (Wildman–Crippen MR) is 85.4 cm³/mol. The van der Waals surface area contributed by atoms with Crippen LogP contribution in [0.5, 0.6) is 5.75 Å². The van der Waals surface area contributed by atoms with Crippen LogP contribution in [0.4, 0.5) is 0 Å². The Morgan fingerprint density at radius 1 is 1.00 bits per heavy atom. The van der Waals surface area contributed by atoms with Crippen LogP contribution in [0.25, 0.3) is 0 Å². The predicted octanol–water partition coefficient (Wildman–Crippen LogP) is 4.04. The highest BCUT2D eigenvalue weighted by Crippen LogP contribution is 2.57. The number of carbonyl (C=O) groups is 1. The first kappa shape index (κ1) is 12.9. The van der Waals surface area contributed by atoms with Crippen LogP contribution in [-0.4, -0.2) is 11.9 Å². The van der Waals surface area contributed by atoms with E-state index >= 15 is 0 Å². The van der Waals surface area contributed by atoms with Crippen molar-refractivity contribution in [3.05, 3.63) is 40.5 Å². The molecule has 0 radical (unpaired) electrons. The van der Waals surface area contributed by atoms with E-state index in [0.29, 0.717) is 6.42 Å². The van der Waals surface area contributed by atoms with Crippen LogP contribution in [0.15, 0.2) is 23.8 Å². The van der Waals surface area contributed by atoms with E-state index in [-0.39, 0.29) is 17.3 Å². The summed E-state index contributed by atoms with van der Waals surface area (Å²) in [6, 6.07) is 4.74. The minimum absolute atomic E-state index is 0.0218. The minimum Gasteiger partial charge on any atom is -0.488 e. The zero-order valence-corrected chi connectivity index (χ0v) is 13.0. The van der Waals surface area contributed by atoms with Gasteiger partial charge in [-0.3, -0.25) is 4.79 Å². The molecular formula is C20H22O2. The van der Waals surface area contributed by atoms with Gasteiger partial charge in [-0.15, -0.1) is 0 Å². The Labute approximate surface area is 131 Å². The van der Waals surface area contributed by atoms with Gasteiger partial charge in [0.15, 0.2) is 5.78 Å². The van der Waals surface area contributed by atoms with Crippen molar-refractivity contribution in [1.29, 1.82) is 0 Å². The SMILES string of the molecule is O=C1C=C2CCCC[C@]23c2cc4c(cc2O[C@@H]3C1)CCCC4. The highest BCUT2D eigenvalue weighted by molar-refractivity contribution is 5.93. The Bertz CT molecular complexity index is 700. The van der Waals surface area contributed by atoms with Gasteiger partial charge < -0.3 is 4.74 Å². The van der Waals surface area contributed by atoms with E-state index in [2.05, 4.69) is 12.1 Å². The summed E-state index contributed by atoms with van der Waals surface area (Å²) in [6.07, 6.45) is 12.3. The van der Waals surface area contributed by atoms with Crippen LogP contribution in [0, 0.1) is 0 Å². The summed E-state index contributed by atoms with van der Waals surface area (Å²) in [6.45, 7) is 0. The van der Waals surface area contributed by atoms with Crippen molar-refractivity contribution < 1.29 is 9.53 Å². The number of rotatable bonds is 0. The maximum Gasteiger partial charge on any atom is 0.159 e. The molecule has 1 aromatic rings. The van der Waals surface area contributed by atoms with Crippen molar-refractivity contribution in [3.8, 4) is 5.75 Å². The van der Waals surface area contributed by atoms with Crippen molar-refractivity contribution in [1.82, 2.24) is 0 Å². The van der Waals surface area contributed by atoms with Gasteiger partial charge in [0.25, 0.3) is 0 Å². The van der Waals surface area contributed by atoms with Gasteiger partial charge >= 0.3 is 0 Å². The van der Waals surface area contributed by atoms with E-state index in [1.807, 2.05) is 6.08 Å². The zero-order chi connectivity index (χ0) is 14.7. The third-order valence-electron chi connectivity index (χ3n) is 6.31. The zero-order valence-electron chi connectivity index (χ0n) is 13.0. The molecule has 0 amide bonds. The van der Waals surface area contributed by atoms with Crippen molar-refractivity contribution in [2.24, 2.45) is 0 Å². The number of benzene rings is 1. The fourth-order valence-electron chi connectivity index (χ4n) is 5.27. The largest absolute Gasteiger partial charge is 0.488 e. The Kier molecular flexibility index (Phi) is 2.62. The molecule has 3 aliphatic carbocycles. The molecule has 5 rings (SSSR count). The highest BCUT2D eigenvalue weighted by Gasteiger charge is 2.54. The van der Waals surface area contributed by atoms with E-state index in [1.54, 1.807) is 0 Å². The molecule has 1 spiro atoms. The van der Waals surface area contributed by atoms with E-state index in [0.717, 1.165) is 18.6 Å². The Hall–Kier alpha value is -1.57. The lowest BCUT2D eigenvalue weighted by atomic mass is 9.60. The van der Waals surface area contributed by atoms with Crippen LogP contribution < -0.4 is 4.74 Å². The molecule has 1 saturated carbocycles. The molecule has 0 unspecified atom stereocenters. The lowest BCUT2D eigenvalue weighted by Gasteiger charge is -2.42. The summed E-state index contributed by atoms with van der Waals surface area (Å²) in [5.41, 5.74) is 5.79. The second-order valence-electron chi connectivity index (χ2n) is 7.45. The summed E-state index contributed by atoms with van der Waals surface area (Å²) < 4.78 is 6.35. The smallest absolute Gasteiger partial charge is 0.159 e. The molecule has 0 saturated heterocycles. The topological polar surface area (TPSA) is 26.3 Å². The molecule has 114 valence electrons. The monoisotopic (exact) mass is 294 g/mol. The second-order valence-corrected chi connectivity index (χ2v) is 7.45. The molecule has 0 bridgehead atoms. The van der Waals surface area contributed by atoms with Gasteiger partial charge in [0.2, 0.25) is 0 Å². The minimum atomic E-state index is 0.0218. The first-order valence-electron chi connectivity index (χ1n) is 8.84. The first-order chi connectivity index (χ1) is 10.8. The average molecular weight is 294 g/mol. The molecule has 0 aromatic heterocycles. The lowest BCUT2D eigenvalue weighted by Crippen LogP contribution is -2.45. The molecule has 1 fully saturated rings. The summed E-state index contributed by atoms with van der Waals surface area (Å²) in [7, 11) is 0. The van der Waals surface area contributed by atoms with E-state index < -0.39 is 0 Å². The van der Waals surface area contributed by atoms with Gasteiger partial charge in [0.05, 0.1) is 5.41 Å². The number of hydrogen-bond donors (Lipinski definition) is 0. The molecule has 0 N–H and O–H groups in total. The summed E-state index contributed by atoms with van der Waals surface area (Å²) in [5.74, 6) is 1.34. The Balaban J connectivity index is 1.71. The quantitative estimate of drug-likeness (QED) is 0.722. The normalized spacial score (nSPS) is 32.3. The molecular weight excluding hydrogens is 272 g/mol. The van der Waals surface area contributed by atoms with Crippen molar-refractivity contribution in [3.63, 3.8) is 0 Å². The van der Waals surface area contributed by atoms with E-state index in [9.17, 15) is 4.79 Å². The molecule has 1 aliphatic heterocycles. The fraction of sp³-hybridized carbons (Fsp3) is 0.550. The van der Waals surface area contributed by atoms with E-state index in [1.165, 1.54) is 60.8 Å². The molecule has 1 aromatic carbocycles. The van der Waals surface area contributed by atoms with Crippen LogP contribution in [-0.2, 0) is 23.1 Å². The van der Waals surface area contributed by atoms with Gasteiger partial charge in [-0.05, 0) is 68.2 Å². The van der Waals surface area contributed by atoms with Gasteiger partial charge in [0.1, 0.15) is 11.9 Å². The van der Waals surface area contributed by atoms with Crippen LogP contribution in [0.1, 0.15) is 61.6 Å². The molecule has 4 aliphatic rings. The summed E-state index contributed by atoms with van der Waals surface area (Å²) >= 11 is 0. The maximum absolute atomic E-state index is 12.1. The van der Waals surface area contributed by atoms with Crippen LogP contribution >= 0.6 is 0 Å². The van der Waals surface area contributed by atoms with Crippen molar-refractivity contribution >= 4 is 5.78 Å². The average Bonchev–Trinajstić information content (AvgIpc) is 2.83. The molecule has 22 heavy (non-hydrogen) atoms. The van der Waals surface area contributed by atoms with Crippen LogP contribution in [0.3, 0.4) is 0 Å². The van der Waals surface area contributed by atoms with Gasteiger partial charge in [0, 0.05) is 12.0 Å². The molecule has 1 heterocycles. The maximum atomic E-state index is 12.1. The number of aryl methyl sites for hydroxylation is 2. The number of carbonyl (C=O) groups excluding carboxylic acids is 1. The first-order valence-corrected chi connectivity index (χ1v) is 8.84. The Morgan fingerprint density at radius 3 is 2.64 bits per heavy atom. The second kappa shape index (κ2) is 4.47. The van der Waals surface area contributed by atoms with Crippen LogP contribution in [0.2, 0.25) is 0 Å². The third-order valence-corrected chi connectivity index (χ3v) is 6.31. The lowest BCUT2D eigenvalue weighted by molar-refractivity contribution is -0.117. The summed E-state index contributed by atoms with van der Waals surface area (Å²) in [4.78, 5) is 12.1. The fourth-order valence-corrected chi connectivity index (χ4v) is 5.27. The van der Waals surface area contributed by atoms with Crippen molar-refractivity contribution in [2.45, 2.75) is 69.3 Å². The third kappa shape index (κ3) is 1.59. The van der Waals surface area contributed by atoms with Gasteiger partial charge in [-0.25, -0.2) is 0 Å². The Morgan fingerprint density at radius 2 is 1.77 bits per heavy atom. The highest BCUT2D eigenvalue weighted by atomic mass is 16.5. The number of hydrogen-bond acceptors (Lipinski definition) is 2. The standard InChI is InChI=1S/C20H22O2/c21-16-11-15-7-3-4-8-20(15)17-9-13-5-1-2-6-14(13)10-18(17)22-19(20)12-16/h9-11,19H,1-8,12H2/t19-,20-/m1/s1. The van der Waals surface area contributed by atoms with Crippen molar-refractivity contribution in [2.75, 3.05) is 0 Å². The van der Waals surface area contributed by atoms with Gasteiger partial charge in [-0.2, -0.15) is 0 Å². The number of fused-ring (bicyclic) bond motifs is 2. The van der Waals surface area contributed by atoms with Gasteiger partial charge in [-0.1, -0.05) is 18.1 Å². The number of ketones is 1. The molecule has 2 nitrogen and oxygen atoms in total. The van der Waals surface area contributed by atoms with E-state index in [4.69, 9.17) is 4.74 Å². The summed E-state index contributed by atoms with van der Waals surface area (Å²) in [5, 5.41) is 0. The number of allylic oxidation sites excluding steroid dienone is 1. The molecule has 2 heteroatoms. The number of ether oxygens (including phenoxy) is 1. The molecule has 2 atom stereocenters.